The van der Waals surface area contributed by atoms with Gasteiger partial charge >= 0.3 is 12.2 Å². The summed E-state index contributed by atoms with van der Waals surface area (Å²) >= 11 is 0. The molecule has 11 heteroatoms. The summed E-state index contributed by atoms with van der Waals surface area (Å²) in [6.45, 7) is 20.6. The Morgan fingerprint density at radius 2 is 1.04 bits per heavy atom. The third-order valence-corrected chi connectivity index (χ3v) is 8.52. The third-order valence-electron chi connectivity index (χ3n) is 8.52. The first-order chi connectivity index (χ1) is 22.1. The van der Waals surface area contributed by atoms with Crippen LogP contribution in [0.5, 0.6) is 0 Å². The van der Waals surface area contributed by atoms with Gasteiger partial charge in [0, 0.05) is 26.4 Å². The maximum absolute atomic E-state index is 11.8. The Hall–Kier alpha value is -1.66. The minimum absolute atomic E-state index is 0.180. The van der Waals surface area contributed by atoms with E-state index < -0.39 is 11.2 Å². The van der Waals surface area contributed by atoms with Gasteiger partial charge in [0.25, 0.3) is 0 Å². The van der Waals surface area contributed by atoms with Gasteiger partial charge in [0.05, 0.1) is 50.6 Å². The second kappa shape index (κ2) is 20.8. The van der Waals surface area contributed by atoms with E-state index >= 15 is 0 Å². The fraction of sp³-hybridized carbons (Fsp3) is 0.944. The second-order valence-electron chi connectivity index (χ2n) is 15.6. The van der Waals surface area contributed by atoms with Crippen LogP contribution in [0.1, 0.15) is 120 Å². The molecule has 4 fully saturated rings. The van der Waals surface area contributed by atoms with Gasteiger partial charge in [-0.1, -0.05) is 26.7 Å². The lowest BCUT2D eigenvalue weighted by molar-refractivity contribution is -0.0770. The van der Waals surface area contributed by atoms with Crippen molar-refractivity contribution in [2.45, 2.75) is 155 Å². The minimum atomic E-state index is -0.447. The molecule has 0 aromatic carbocycles. The first-order valence-corrected chi connectivity index (χ1v) is 18.2. The number of nitrogens with zero attached hydrogens (tertiary/aromatic N) is 2. The van der Waals surface area contributed by atoms with E-state index in [2.05, 4.69) is 13.8 Å². The van der Waals surface area contributed by atoms with E-state index in [1.807, 2.05) is 41.5 Å². The van der Waals surface area contributed by atoms with Crippen molar-refractivity contribution < 1.29 is 43.5 Å². The van der Waals surface area contributed by atoms with Crippen molar-refractivity contribution in [2.24, 2.45) is 11.8 Å². The van der Waals surface area contributed by atoms with Gasteiger partial charge in [0.15, 0.2) is 0 Å². The van der Waals surface area contributed by atoms with Gasteiger partial charge in [-0.2, -0.15) is 0 Å². The average Bonchev–Trinajstić information content (AvgIpc) is 2.87. The summed E-state index contributed by atoms with van der Waals surface area (Å²) in [6.07, 6.45) is 11.8. The van der Waals surface area contributed by atoms with Crippen molar-refractivity contribution in [1.29, 1.82) is 0 Å². The van der Waals surface area contributed by atoms with Crippen molar-refractivity contribution >= 4 is 12.2 Å². The highest BCUT2D eigenvalue weighted by molar-refractivity contribution is 5.69. The number of ether oxygens (including phenoxy) is 5. The Labute approximate surface area is 284 Å². The SMILES string of the molecule is CC(C)(C)OC(=O)N1CC(O)C1.CCCCOC1CC(CCO)C1.CCCCOC1CC(CCOC2CN(C(=O)OC(C)(C)C)C2)C1. The van der Waals surface area contributed by atoms with E-state index in [4.69, 9.17) is 33.9 Å². The topological polar surface area (TPSA) is 127 Å². The van der Waals surface area contributed by atoms with Gasteiger partial charge in [-0.05, 0) is 105 Å². The molecular formula is C36H68N2O9. The Balaban J connectivity index is 0.000000270. The smallest absolute Gasteiger partial charge is 0.410 e. The lowest BCUT2D eigenvalue weighted by Crippen LogP contribution is -2.56. The summed E-state index contributed by atoms with van der Waals surface area (Å²) in [5.74, 6) is 1.49. The molecule has 0 aromatic rings. The molecule has 2 amide bonds. The van der Waals surface area contributed by atoms with Crippen molar-refractivity contribution in [3.63, 3.8) is 0 Å². The zero-order chi connectivity index (χ0) is 35.0. The van der Waals surface area contributed by atoms with E-state index in [0.29, 0.717) is 45.0 Å². The molecule has 0 bridgehead atoms. The summed E-state index contributed by atoms with van der Waals surface area (Å²) in [5.41, 5.74) is -0.874. The van der Waals surface area contributed by atoms with Crippen molar-refractivity contribution in [2.75, 3.05) is 52.6 Å². The van der Waals surface area contributed by atoms with Crippen molar-refractivity contribution in [3.8, 4) is 0 Å². The number of rotatable bonds is 14. The first kappa shape index (κ1) is 41.5. The average molecular weight is 673 g/mol. The number of unbranched alkanes of at least 4 members (excludes halogenated alkanes) is 2. The second-order valence-corrected chi connectivity index (χ2v) is 15.6. The molecule has 2 N–H and O–H groups in total. The predicted molar refractivity (Wildman–Crippen MR) is 182 cm³/mol. The zero-order valence-corrected chi connectivity index (χ0v) is 30.8. The van der Waals surface area contributed by atoms with Crippen LogP contribution in [0.3, 0.4) is 0 Å². The molecule has 4 rings (SSSR count). The number of β-amino-alcohol motifs (C(OH)–C–C–N with tert-alkyl or cyclic N) is 1. The van der Waals surface area contributed by atoms with Crippen LogP contribution in [0.15, 0.2) is 0 Å². The lowest BCUT2D eigenvalue weighted by Gasteiger charge is -2.40. The summed E-state index contributed by atoms with van der Waals surface area (Å²) in [7, 11) is 0. The van der Waals surface area contributed by atoms with Crippen LogP contribution in [0, 0.1) is 11.8 Å². The highest BCUT2D eigenvalue weighted by Gasteiger charge is 2.35. The maximum atomic E-state index is 11.8. The van der Waals surface area contributed by atoms with Gasteiger partial charge in [-0.25, -0.2) is 9.59 Å². The molecule has 4 aliphatic rings. The number of likely N-dealkylation sites (tertiary alicyclic amines) is 2. The summed E-state index contributed by atoms with van der Waals surface area (Å²) in [6, 6.07) is 0. The monoisotopic (exact) mass is 672 g/mol. The molecule has 0 unspecified atom stereocenters. The van der Waals surface area contributed by atoms with Crippen LogP contribution >= 0.6 is 0 Å². The molecule has 2 heterocycles. The van der Waals surface area contributed by atoms with Gasteiger partial charge in [-0.15, -0.1) is 0 Å². The molecule has 2 aliphatic heterocycles. The molecule has 47 heavy (non-hydrogen) atoms. The zero-order valence-electron chi connectivity index (χ0n) is 30.8. The van der Waals surface area contributed by atoms with Gasteiger partial charge in [0.2, 0.25) is 0 Å². The summed E-state index contributed by atoms with van der Waals surface area (Å²) in [4.78, 5) is 26.2. The van der Waals surface area contributed by atoms with Crippen LogP contribution < -0.4 is 0 Å². The standard InChI is InChI=1S/C18H33NO4.C10H20O2.C8H15NO3/c1-5-6-8-21-15-10-14(11-15)7-9-22-16-12-19(13-16)17(20)23-18(2,3)4;1-2-3-6-12-10-7-9(8-10)4-5-11;1-8(2,3)12-7(11)9-4-6(10)5-9/h14-16H,5-13H2,1-4H3;9-11H,2-8H2,1H3;6,10H,4-5H2,1-3H3. The molecule has 276 valence electrons. The highest BCUT2D eigenvalue weighted by atomic mass is 16.6. The Morgan fingerprint density at radius 3 is 1.43 bits per heavy atom. The molecule has 2 aliphatic carbocycles. The molecule has 0 radical (unpaired) electrons. The van der Waals surface area contributed by atoms with Crippen LogP contribution in [-0.4, -0.2) is 120 Å². The Kier molecular flexibility index (Phi) is 18.3. The number of aliphatic hydroxyl groups excluding tert-OH is 2. The number of carbonyl (C=O) groups excluding carboxylic acids is 2. The van der Waals surface area contributed by atoms with E-state index in [-0.39, 0.29) is 24.4 Å². The van der Waals surface area contributed by atoms with Crippen LogP contribution in [0.25, 0.3) is 0 Å². The number of carbonyl (C=O) groups is 2. The molecule has 2 saturated heterocycles. The highest BCUT2D eigenvalue weighted by Crippen LogP contribution is 2.33. The van der Waals surface area contributed by atoms with E-state index in [1.165, 1.54) is 56.3 Å². The summed E-state index contributed by atoms with van der Waals surface area (Å²) < 4.78 is 27.6. The van der Waals surface area contributed by atoms with Crippen LogP contribution in [0.2, 0.25) is 0 Å². The molecule has 0 atom stereocenters. The first-order valence-electron chi connectivity index (χ1n) is 18.2. The molecule has 0 aromatic heterocycles. The van der Waals surface area contributed by atoms with Crippen LogP contribution in [0.4, 0.5) is 9.59 Å². The molecule has 0 spiro atoms. The largest absolute Gasteiger partial charge is 0.444 e. The molecule has 11 nitrogen and oxygen atoms in total. The Bertz CT molecular complexity index is 864. The molecular weight excluding hydrogens is 604 g/mol. The van der Waals surface area contributed by atoms with Gasteiger partial charge in [0.1, 0.15) is 11.2 Å². The number of hydrogen-bond acceptors (Lipinski definition) is 9. The Morgan fingerprint density at radius 1 is 0.638 bits per heavy atom. The van der Waals surface area contributed by atoms with Gasteiger partial charge < -0.3 is 43.7 Å². The fourth-order valence-corrected chi connectivity index (χ4v) is 5.42. The maximum Gasteiger partial charge on any atom is 0.410 e. The lowest BCUT2D eigenvalue weighted by atomic mass is 9.80. The van der Waals surface area contributed by atoms with E-state index in [0.717, 1.165) is 44.5 Å². The normalized spacial score (nSPS) is 24.3. The number of amides is 2. The van der Waals surface area contributed by atoms with E-state index in [1.54, 1.807) is 4.90 Å². The predicted octanol–water partition coefficient (Wildman–Crippen LogP) is 6.17. The van der Waals surface area contributed by atoms with E-state index in [9.17, 15) is 9.59 Å². The minimum Gasteiger partial charge on any atom is -0.444 e. The van der Waals surface area contributed by atoms with Crippen molar-refractivity contribution in [1.82, 2.24) is 9.80 Å². The van der Waals surface area contributed by atoms with Crippen LogP contribution in [-0.2, 0) is 23.7 Å². The fourth-order valence-electron chi connectivity index (χ4n) is 5.42. The number of hydrogen-bond donors (Lipinski definition) is 2. The number of aliphatic hydroxyl groups is 2. The third kappa shape index (κ3) is 17.5. The van der Waals surface area contributed by atoms with Crippen molar-refractivity contribution in [3.05, 3.63) is 0 Å². The summed E-state index contributed by atoms with van der Waals surface area (Å²) in [5, 5.41) is 17.6. The van der Waals surface area contributed by atoms with Gasteiger partial charge in [-0.3, -0.25) is 0 Å². The quantitative estimate of drug-likeness (QED) is 0.208. The molecule has 2 saturated carbocycles.